The summed E-state index contributed by atoms with van der Waals surface area (Å²) >= 11 is 1.72. The Balaban J connectivity index is 1.39. The van der Waals surface area contributed by atoms with Gasteiger partial charge in [0.25, 0.3) is 0 Å². The highest BCUT2D eigenvalue weighted by Crippen LogP contribution is 2.21. The van der Waals surface area contributed by atoms with E-state index in [0.717, 1.165) is 36.7 Å². The van der Waals surface area contributed by atoms with Crippen molar-refractivity contribution in [3.63, 3.8) is 0 Å². The average molecular weight is 441 g/mol. The maximum absolute atomic E-state index is 5.83. The summed E-state index contributed by atoms with van der Waals surface area (Å²) in [6, 6.07) is 18.2. The molecule has 3 rings (SSSR count). The molecule has 6 nitrogen and oxygen atoms in total. The predicted molar refractivity (Wildman–Crippen MR) is 127 cm³/mol. The molecule has 0 aliphatic rings. The smallest absolute Gasteiger partial charge is 0.247 e. The first kappa shape index (κ1) is 23.3. The van der Waals surface area contributed by atoms with Gasteiger partial charge in [-0.1, -0.05) is 30.3 Å². The Bertz CT molecular complexity index is 884. The van der Waals surface area contributed by atoms with Crippen molar-refractivity contribution in [2.45, 2.75) is 18.7 Å². The molecule has 1 aromatic heterocycles. The number of para-hydroxylation sites is 1. The molecule has 0 aliphatic heterocycles. The van der Waals surface area contributed by atoms with E-state index < -0.39 is 0 Å². The van der Waals surface area contributed by atoms with Gasteiger partial charge in [0.2, 0.25) is 11.8 Å². The van der Waals surface area contributed by atoms with Crippen LogP contribution in [0.15, 0.2) is 59.0 Å². The van der Waals surface area contributed by atoms with E-state index in [1.165, 1.54) is 12.0 Å². The average Bonchev–Trinajstić information content (AvgIpc) is 3.23. The summed E-state index contributed by atoms with van der Waals surface area (Å²) in [7, 11) is 6.39. The Hall–Kier alpha value is -2.35. The molecule has 0 bridgehead atoms. The largest absolute Gasteiger partial charge is 0.493 e. The number of ether oxygens (including phenoxy) is 1. The van der Waals surface area contributed by atoms with E-state index in [1.807, 2.05) is 30.3 Å². The van der Waals surface area contributed by atoms with Crippen LogP contribution in [0.2, 0.25) is 0 Å². The van der Waals surface area contributed by atoms with Crippen molar-refractivity contribution in [1.29, 1.82) is 0 Å². The van der Waals surface area contributed by atoms with E-state index in [-0.39, 0.29) is 0 Å². The number of aromatic nitrogens is 2. The van der Waals surface area contributed by atoms with E-state index in [4.69, 9.17) is 9.15 Å². The standard InChI is InChI=1S/C24H32N4O2S/c1-27(2)14-7-15-28(3)18-20-10-12-21(13-11-20)24-26-25-23(30-24)19-31-17-16-29-22-8-5-4-6-9-22/h4-6,8-13H,7,14-19H2,1-3H3. The molecule has 2 aromatic carbocycles. The Morgan fingerprint density at radius 1 is 0.935 bits per heavy atom. The van der Waals surface area contributed by atoms with Gasteiger partial charge in [-0.25, -0.2) is 0 Å². The fourth-order valence-corrected chi connectivity index (χ4v) is 3.76. The summed E-state index contributed by atoms with van der Waals surface area (Å²) in [5.74, 6) is 3.66. The minimum Gasteiger partial charge on any atom is -0.493 e. The molecule has 166 valence electrons. The molecule has 0 atom stereocenters. The summed E-state index contributed by atoms with van der Waals surface area (Å²) in [4.78, 5) is 4.57. The number of hydrogen-bond donors (Lipinski definition) is 0. The minimum atomic E-state index is 0.571. The van der Waals surface area contributed by atoms with Crippen molar-refractivity contribution in [3.05, 3.63) is 66.1 Å². The molecular weight excluding hydrogens is 408 g/mol. The molecule has 0 aliphatic carbocycles. The first-order valence-corrected chi connectivity index (χ1v) is 11.8. The van der Waals surface area contributed by atoms with Crippen molar-refractivity contribution in [3.8, 4) is 17.2 Å². The highest BCUT2D eigenvalue weighted by molar-refractivity contribution is 7.98. The molecule has 0 N–H and O–H groups in total. The Labute approximate surface area is 189 Å². The normalized spacial score (nSPS) is 11.4. The lowest BCUT2D eigenvalue weighted by Gasteiger charge is -2.18. The van der Waals surface area contributed by atoms with Crippen LogP contribution < -0.4 is 4.74 Å². The van der Waals surface area contributed by atoms with Gasteiger partial charge in [0.15, 0.2) is 0 Å². The third-order valence-electron chi connectivity index (χ3n) is 4.73. The second-order valence-electron chi connectivity index (χ2n) is 7.81. The van der Waals surface area contributed by atoms with Crippen LogP contribution in [0, 0.1) is 0 Å². The van der Waals surface area contributed by atoms with Crippen molar-refractivity contribution in [2.24, 2.45) is 0 Å². The quantitative estimate of drug-likeness (QED) is 0.364. The molecule has 31 heavy (non-hydrogen) atoms. The third-order valence-corrected chi connectivity index (χ3v) is 5.64. The van der Waals surface area contributed by atoms with Gasteiger partial charge in [-0.15, -0.1) is 22.0 Å². The zero-order chi connectivity index (χ0) is 21.9. The summed E-state index contributed by atoms with van der Waals surface area (Å²) < 4.78 is 11.5. The SMILES string of the molecule is CN(C)CCCN(C)Cc1ccc(-c2nnc(CSCCOc3ccccc3)o2)cc1. The molecule has 0 amide bonds. The molecular formula is C24H32N4O2S. The van der Waals surface area contributed by atoms with Crippen LogP contribution in [0.3, 0.4) is 0 Å². The van der Waals surface area contributed by atoms with E-state index in [2.05, 4.69) is 65.4 Å². The molecule has 3 aromatic rings. The van der Waals surface area contributed by atoms with Crippen molar-refractivity contribution >= 4 is 11.8 Å². The van der Waals surface area contributed by atoms with Crippen LogP contribution in [0.5, 0.6) is 5.75 Å². The lowest BCUT2D eigenvalue weighted by molar-refractivity contribution is 0.294. The zero-order valence-electron chi connectivity index (χ0n) is 18.7. The molecule has 1 heterocycles. The van der Waals surface area contributed by atoms with Crippen molar-refractivity contribution in [2.75, 3.05) is 46.6 Å². The van der Waals surface area contributed by atoms with Crippen LogP contribution in [0.1, 0.15) is 17.9 Å². The third kappa shape index (κ3) is 8.36. The van der Waals surface area contributed by atoms with Crippen LogP contribution in [0.25, 0.3) is 11.5 Å². The number of rotatable bonds is 13. The van der Waals surface area contributed by atoms with E-state index in [1.54, 1.807) is 11.8 Å². The molecule has 7 heteroatoms. The summed E-state index contributed by atoms with van der Waals surface area (Å²) in [6.45, 7) is 3.79. The maximum atomic E-state index is 5.83. The van der Waals surface area contributed by atoms with Gasteiger partial charge in [0, 0.05) is 17.9 Å². The Morgan fingerprint density at radius 2 is 1.71 bits per heavy atom. The lowest BCUT2D eigenvalue weighted by Crippen LogP contribution is -2.23. The molecule has 0 unspecified atom stereocenters. The van der Waals surface area contributed by atoms with Crippen LogP contribution in [0.4, 0.5) is 0 Å². The van der Waals surface area contributed by atoms with E-state index in [9.17, 15) is 0 Å². The second kappa shape index (κ2) is 12.5. The summed E-state index contributed by atoms with van der Waals surface area (Å²) in [5.41, 5.74) is 2.24. The first-order valence-electron chi connectivity index (χ1n) is 10.6. The van der Waals surface area contributed by atoms with Crippen LogP contribution in [-0.4, -0.2) is 66.6 Å². The topological polar surface area (TPSA) is 54.6 Å². The number of benzene rings is 2. The molecule has 0 saturated carbocycles. The van der Waals surface area contributed by atoms with Gasteiger partial charge in [-0.2, -0.15) is 0 Å². The van der Waals surface area contributed by atoms with Gasteiger partial charge in [0.1, 0.15) is 5.75 Å². The van der Waals surface area contributed by atoms with E-state index >= 15 is 0 Å². The van der Waals surface area contributed by atoms with Crippen molar-refractivity contribution in [1.82, 2.24) is 20.0 Å². The van der Waals surface area contributed by atoms with Gasteiger partial charge in [-0.3, -0.25) is 0 Å². The Morgan fingerprint density at radius 3 is 2.45 bits per heavy atom. The molecule has 0 fully saturated rings. The molecule has 0 spiro atoms. The summed E-state index contributed by atoms with van der Waals surface area (Å²) in [5, 5.41) is 8.38. The van der Waals surface area contributed by atoms with E-state index in [0.29, 0.717) is 24.1 Å². The van der Waals surface area contributed by atoms with Crippen LogP contribution in [-0.2, 0) is 12.3 Å². The van der Waals surface area contributed by atoms with Gasteiger partial charge in [-0.05, 0) is 70.5 Å². The van der Waals surface area contributed by atoms with Gasteiger partial charge >= 0.3 is 0 Å². The minimum absolute atomic E-state index is 0.571. The fraction of sp³-hybridized carbons (Fsp3) is 0.417. The number of hydrogen-bond acceptors (Lipinski definition) is 7. The molecule has 0 radical (unpaired) electrons. The van der Waals surface area contributed by atoms with Gasteiger partial charge in [0.05, 0.1) is 12.4 Å². The monoisotopic (exact) mass is 440 g/mol. The molecule has 0 saturated heterocycles. The summed E-state index contributed by atoms with van der Waals surface area (Å²) in [6.07, 6.45) is 1.17. The maximum Gasteiger partial charge on any atom is 0.247 e. The number of nitrogens with zero attached hydrogens (tertiary/aromatic N) is 4. The zero-order valence-corrected chi connectivity index (χ0v) is 19.5. The highest BCUT2D eigenvalue weighted by atomic mass is 32.2. The first-order chi connectivity index (χ1) is 15.1. The highest BCUT2D eigenvalue weighted by Gasteiger charge is 2.09. The van der Waals surface area contributed by atoms with Crippen molar-refractivity contribution < 1.29 is 9.15 Å². The Kier molecular flexibility index (Phi) is 9.39. The fourth-order valence-electron chi connectivity index (χ4n) is 3.12. The number of thioether (sulfide) groups is 1. The van der Waals surface area contributed by atoms with Gasteiger partial charge < -0.3 is 19.0 Å². The predicted octanol–water partition coefficient (Wildman–Crippen LogP) is 4.43. The second-order valence-corrected chi connectivity index (χ2v) is 8.91. The van der Waals surface area contributed by atoms with Crippen LogP contribution >= 0.6 is 11.8 Å². The lowest BCUT2D eigenvalue weighted by atomic mass is 10.1.